The molecule has 0 atom stereocenters. The molecule has 1 saturated carbocycles. The van der Waals surface area contributed by atoms with E-state index < -0.39 is 5.97 Å². The highest BCUT2D eigenvalue weighted by atomic mass is 79.9. The maximum absolute atomic E-state index is 11.4. The zero-order valence-corrected chi connectivity index (χ0v) is 16.7. The van der Waals surface area contributed by atoms with Gasteiger partial charge in [0.2, 0.25) is 5.91 Å². The highest BCUT2D eigenvalue weighted by Crippen LogP contribution is 2.19. The minimum Gasteiger partial charge on any atom is -0.481 e. The Morgan fingerprint density at radius 1 is 0.880 bits per heavy atom. The Balaban J connectivity index is 0.000000186. The highest BCUT2D eigenvalue weighted by molar-refractivity contribution is 9.10. The zero-order valence-electron chi connectivity index (χ0n) is 13.5. The maximum atomic E-state index is 11.4. The van der Waals surface area contributed by atoms with E-state index in [0.717, 1.165) is 32.9 Å². The van der Waals surface area contributed by atoms with E-state index in [0.29, 0.717) is 12.5 Å². The second-order valence-corrected chi connectivity index (χ2v) is 7.67. The molecular formula is C19H19Br2NO3. The number of carboxylic acid groups (broad SMARTS) is 1. The quantitative estimate of drug-likeness (QED) is 0.685. The van der Waals surface area contributed by atoms with Gasteiger partial charge in [-0.2, -0.15) is 0 Å². The van der Waals surface area contributed by atoms with Crippen LogP contribution in [0.3, 0.4) is 0 Å². The van der Waals surface area contributed by atoms with Crippen LogP contribution < -0.4 is 5.32 Å². The number of rotatable bonds is 5. The van der Waals surface area contributed by atoms with E-state index >= 15 is 0 Å². The Labute approximate surface area is 163 Å². The number of amides is 1. The second-order valence-electron chi connectivity index (χ2n) is 5.84. The van der Waals surface area contributed by atoms with Gasteiger partial charge in [-0.15, -0.1) is 0 Å². The zero-order chi connectivity index (χ0) is 18.2. The Bertz CT molecular complexity index is 710. The molecule has 0 spiro atoms. The molecule has 2 aromatic carbocycles. The van der Waals surface area contributed by atoms with E-state index in [4.69, 9.17) is 5.11 Å². The number of carbonyl (C=O) groups excluding carboxylic acids is 1. The molecule has 1 aliphatic carbocycles. The lowest BCUT2D eigenvalue weighted by atomic mass is 10.1. The van der Waals surface area contributed by atoms with Gasteiger partial charge in [0.1, 0.15) is 0 Å². The van der Waals surface area contributed by atoms with Gasteiger partial charge in [0.05, 0.1) is 12.8 Å². The van der Waals surface area contributed by atoms with Gasteiger partial charge < -0.3 is 10.4 Å². The van der Waals surface area contributed by atoms with Gasteiger partial charge in [-0.25, -0.2) is 0 Å². The van der Waals surface area contributed by atoms with Crippen molar-refractivity contribution < 1.29 is 14.7 Å². The third-order valence-corrected chi connectivity index (χ3v) is 4.55. The van der Waals surface area contributed by atoms with Crippen LogP contribution in [0.25, 0.3) is 0 Å². The normalized spacial score (nSPS) is 12.7. The number of halogens is 2. The molecule has 1 aliphatic rings. The van der Waals surface area contributed by atoms with E-state index in [1.807, 2.05) is 36.4 Å². The number of aliphatic carboxylic acids is 1. The van der Waals surface area contributed by atoms with Crippen molar-refractivity contribution in [3.63, 3.8) is 0 Å². The van der Waals surface area contributed by atoms with Gasteiger partial charge in [-0.3, -0.25) is 9.59 Å². The van der Waals surface area contributed by atoms with Crippen molar-refractivity contribution in [1.82, 2.24) is 5.32 Å². The average Bonchev–Trinajstić information content (AvgIpc) is 3.36. The lowest BCUT2D eigenvalue weighted by Crippen LogP contribution is -2.26. The van der Waals surface area contributed by atoms with Crippen LogP contribution in [0.15, 0.2) is 57.5 Å². The predicted octanol–water partition coefficient (Wildman–Crippen LogP) is 4.35. The Hall–Kier alpha value is -1.66. The average molecular weight is 469 g/mol. The molecule has 4 nitrogen and oxygen atoms in total. The van der Waals surface area contributed by atoms with Crippen molar-refractivity contribution in [2.75, 3.05) is 0 Å². The first-order valence-electron chi connectivity index (χ1n) is 7.92. The van der Waals surface area contributed by atoms with Gasteiger partial charge >= 0.3 is 5.97 Å². The van der Waals surface area contributed by atoms with Gasteiger partial charge in [0.25, 0.3) is 0 Å². The standard InChI is InChI=1S/C11H12BrNO.C8H7BrO2/c12-9-3-1-8(2-4-9)7-11(14)13-10-5-6-10;9-7-3-1-6(2-4-7)5-8(10)11/h1-4,10H,5-7H2,(H,13,14);1-4H,5H2,(H,10,11). The molecule has 0 unspecified atom stereocenters. The summed E-state index contributed by atoms with van der Waals surface area (Å²) in [5, 5.41) is 11.4. The molecular weight excluding hydrogens is 450 g/mol. The molecule has 0 heterocycles. The fourth-order valence-corrected chi connectivity index (χ4v) is 2.60. The largest absolute Gasteiger partial charge is 0.481 e. The van der Waals surface area contributed by atoms with Crippen molar-refractivity contribution in [2.24, 2.45) is 0 Å². The van der Waals surface area contributed by atoms with Gasteiger partial charge in [0.15, 0.2) is 0 Å². The smallest absolute Gasteiger partial charge is 0.307 e. The van der Waals surface area contributed by atoms with Crippen molar-refractivity contribution in [1.29, 1.82) is 0 Å². The van der Waals surface area contributed by atoms with Gasteiger partial charge in [-0.1, -0.05) is 56.1 Å². The summed E-state index contributed by atoms with van der Waals surface area (Å²) in [6.45, 7) is 0. The monoisotopic (exact) mass is 467 g/mol. The molecule has 3 rings (SSSR count). The minimum atomic E-state index is -0.799. The van der Waals surface area contributed by atoms with E-state index in [-0.39, 0.29) is 12.3 Å². The van der Waals surface area contributed by atoms with E-state index in [1.54, 1.807) is 12.1 Å². The summed E-state index contributed by atoms with van der Waals surface area (Å²) in [6.07, 6.45) is 2.87. The third kappa shape index (κ3) is 8.31. The van der Waals surface area contributed by atoms with Crippen LogP contribution in [-0.4, -0.2) is 23.0 Å². The molecule has 1 fully saturated rings. The number of benzene rings is 2. The van der Waals surface area contributed by atoms with Gasteiger partial charge in [-0.05, 0) is 48.2 Å². The summed E-state index contributed by atoms with van der Waals surface area (Å²) < 4.78 is 2.01. The molecule has 0 aliphatic heterocycles. The molecule has 25 heavy (non-hydrogen) atoms. The van der Waals surface area contributed by atoms with Crippen molar-refractivity contribution in [2.45, 2.75) is 31.7 Å². The Morgan fingerprint density at radius 2 is 1.32 bits per heavy atom. The topological polar surface area (TPSA) is 66.4 Å². The summed E-state index contributed by atoms with van der Waals surface area (Å²) in [4.78, 5) is 21.7. The lowest BCUT2D eigenvalue weighted by molar-refractivity contribution is -0.136. The number of hydrogen-bond donors (Lipinski definition) is 2. The lowest BCUT2D eigenvalue weighted by Gasteiger charge is -2.03. The van der Waals surface area contributed by atoms with Crippen molar-refractivity contribution in [3.8, 4) is 0 Å². The molecule has 132 valence electrons. The maximum Gasteiger partial charge on any atom is 0.307 e. The van der Waals surface area contributed by atoms with Crippen LogP contribution >= 0.6 is 31.9 Å². The molecule has 0 aromatic heterocycles. The van der Waals surface area contributed by atoms with Crippen LogP contribution in [0.4, 0.5) is 0 Å². The molecule has 0 radical (unpaired) electrons. The third-order valence-electron chi connectivity index (χ3n) is 3.49. The molecule has 0 saturated heterocycles. The first kappa shape index (κ1) is 19.7. The number of hydrogen-bond acceptors (Lipinski definition) is 2. The van der Waals surface area contributed by atoms with Gasteiger partial charge in [0, 0.05) is 15.0 Å². The first-order chi connectivity index (χ1) is 11.9. The molecule has 2 aromatic rings. The van der Waals surface area contributed by atoms with Crippen LogP contribution in [-0.2, 0) is 22.4 Å². The van der Waals surface area contributed by atoms with Crippen molar-refractivity contribution >= 4 is 43.7 Å². The number of nitrogens with one attached hydrogen (secondary N) is 1. The van der Waals surface area contributed by atoms with Crippen LogP contribution in [0.5, 0.6) is 0 Å². The van der Waals surface area contributed by atoms with Crippen LogP contribution in [0.2, 0.25) is 0 Å². The second kappa shape index (κ2) is 9.73. The van der Waals surface area contributed by atoms with E-state index in [9.17, 15) is 9.59 Å². The molecule has 2 N–H and O–H groups in total. The molecule has 6 heteroatoms. The summed E-state index contributed by atoms with van der Waals surface area (Å²) in [5.41, 5.74) is 1.88. The minimum absolute atomic E-state index is 0.0906. The molecule has 1 amide bonds. The fraction of sp³-hybridized carbons (Fsp3) is 0.263. The summed E-state index contributed by atoms with van der Waals surface area (Å²) in [5.74, 6) is -0.665. The summed E-state index contributed by atoms with van der Waals surface area (Å²) >= 11 is 6.63. The number of carboxylic acids is 1. The SMILES string of the molecule is O=C(Cc1ccc(Br)cc1)NC1CC1.O=C(O)Cc1ccc(Br)cc1. The first-order valence-corrected chi connectivity index (χ1v) is 9.51. The number of carbonyl (C=O) groups is 2. The Morgan fingerprint density at radius 3 is 1.72 bits per heavy atom. The van der Waals surface area contributed by atoms with Crippen molar-refractivity contribution in [3.05, 3.63) is 68.6 Å². The van der Waals surface area contributed by atoms with Crippen LogP contribution in [0.1, 0.15) is 24.0 Å². The predicted molar refractivity (Wildman–Crippen MR) is 104 cm³/mol. The van der Waals surface area contributed by atoms with Crippen LogP contribution in [0, 0.1) is 0 Å². The van der Waals surface area contributed by atoms with E-state index in [2.05, 4.69) is 37.2 Å². The highest BCUT2D eigenvalue weighted by Gasteiger charge is 2.22. The summed E-state index contributed by atoms with van der Waals surface area (Å²) in [7, 11) is 0. The van der Waals surface area contributed by atoms with E-state index in [1.165, 1.54) is 0 Å². The Kier molecular flexibility index (Phi) is 7.65. The molecule has 0 bridgehead atoms. The summed E-state index contributed by atoms with van der Waals surface area (Å²) in [6, 6.07) is 15.6. The fourth-order valence-electron chi connectivity index (χ4n) is 2.07.